The average molecular weight is 256 g/mol. The van der Waals surface area contributed by atoms with Crippen LogP contribution in [0.5, 0.6) is 0 Å². The second kappa shape index (κ2) is 5.91. The Kier molecular flexibility index (Phi) is 4.03. The molecule has 2 aromatic rings. The second-order valence-electron chi connectivity index (χ2n) is 4.02. The maximum Gasteiger partial charge on any atom is 0.190 e. The number of aromatic nitrogens is 1. The minimum Gasteiger partial charge on any atom is -0.346 e. The van der Waals surface area contributed by atoms with E-state index in [0.717, 1.165) is 0 Å². The first-order valence-electron chi connectivity index (χ1n) is 5.81. The molecular formula is C15H13FN2O. The molecule has 0 atom stereocenters. The van der Waals surface area contributed by atoms with Crippen molar-refractivity contribution in [2.45, 2.75) is 6.92 Å². The van der Waals surface area contributed by atoms with Crippen molar-refractivity contribution >= 4 is 11.6 Å². The Bertz CT molecular complexity index is 591. The van der Waals surface area contributed by atoms with Gasteiger partial charge in [0, 0.05) is 23.5 Å². The number of anilines is 1. The standard InChI is InChI=1S/C15H13FN2O/c1-11(10-18-14-4-2-3-9-17-14)15(19)12-5-7-13(16)8-6-12/h2-10H,1H3,(H,17,18). The number of Topliss-reactive ketones (excluding diaryl/α,β-unsaturated/α-hetero) is 1. The molecule has 0 bridgehead atoms. The number of rotatable bonds is 4. The molecule has 0 amide bonds. The highest BCUT2D eigenvalue weighted by atomic mass is 19.1. The number of nitrogens with zero attached hydrogens (tertiary/aromatic N) is 1. The van der Waals surface area contributed by atoms with E-state index in [9.17, 15) is 9.18 Å². The fourth-order valence-electron chi connectivity index (χ4n) is 1.52. The predicted molar refractivity (Wildman–Crippen MR) is 72.3 cm³/mol. The molecule has 0 unspecified atom stereocenters. The van der Waals surface area contributed by atoms with Gasteiger partial charge in [0.05, 0.1) is 0 Å². The smallest absolute Gasteiger partial charge is 0.190 e. The maximum absolute atomic E-state index is 12.8. The van der Waals surface area contributed by atoms with Crippen LogP contribution in [-0.4, -0.2) is 10.8 Å². The molecule has 0 spiro atoms. The van der Waals surface area contributed by atoms with E-state index in [1.54, 1.807) is 25.4 Å². The fraction of sp³-hybridized carbons (Fsp3) is 0.0667. The number of pyridine rings is 1. The normalized spacial score (nSPS) is 11.2. The molecule has 4 heteroatoms. The molecule has 1 aromatic carbocycles. The van der Waals surface area contributed by atoms with Crippen LogP contribution in [0.25, 0.3) is 0 Å². The Labute approximate surface area is 110 Å². The number of halogens is 1. The highest BCUT2D eigenvalue weighted by Gasteiger charge is 2.07. The maximum atomic E-state index is 12.8. The number of carbonyl (C=O) groups is 1. The second-order valence-corrected chi connectivity index (χ2v) is 4.02. The number of benzene rings is 1. The average Bonchev–Trinajstić information content (AvgIpc) is 2.46. The third-order valence-electron chi connectivity index (χ3n) is 2.57. The molecule has 2 rings (SSSR count). The summed E-state index contributed by atoms with van der Waals surface area (Å²) in [7, 11) is 0. The number of hydrogen-bond donors (Lipinski definition) is 1. The SMILES string of the molecule is CC(=CNc1ccccn1)C(=O)c1ccc(F)cc1. The molecule has 0 aliphatic carbocycles. The Hall–Kier alpha value is -2.49. The van der Waals surface area contributed by atoms with E-state index in [-0.39, 0.29) is 11.6 Å². The molecule has 0 aliphatic rings. The van der Waals surface area contributed by atoms with E-state index in [1.807, 2.05) is 12.1 Å². The Balaban J connectivity index is 2.08. The Morgan fingerprint density at radius 3 is 2.58 bits per heavy atom. The number of carbonyl (C=O) groups excluding carboxylic acids is 1. The van der Waals surface area contributed by atoms with E-state index >= 15 is 0 Å². The summed E-state index contributed by atoms with van der Waals surface area (Å²) in [5.41, 5.74) is 0.982. The van der Waals surface area contributed by atoms with E-state index in [2.05, 4.69) is 10.3 Å². The van der Waals surface area contributed by atoms with Crippen molar-refractivity contribution in [2.75, 3.05) is 5.32 Å². The van der Waals surface area contributed by atoms with Crippen molar-refractivity contribution < 1.29 is 9.18 Å². The van der Waals surface area contributed by atoms with Crippen LogP contribution in [0.15, 0.2) is 60.4 Å². The predicted octanol–water partition coefficient (Wildman–Crippen LogP) is 3.42. The van der Waals surface area contributed by atoms with Crippen LogP contribution in [-0.2, 0) is 0 Å². The zero-order chi connectivity index (χ0) is 13.7. The minimum atomic E-state index is -0.357. The van der Waals surface area contributed by atoms with Crippen LogP contribution in [0, 0.1) is 5.82 Å². The van der Waals surface area contributed by atoms with Crippen LogP contribution in [0.4, 0.5) is 10.2 Å². The molecule has 1 heterocycles. The summed E-state index contributed by atoms with van der Waals surface area (Å²) in [4.78, 5) is 16.1. The van der Waals surface area contributed by atoms with Gasteiger partial charge in [-0.2, -0.15) is 0 Å². The summed E-state index contributed by atoms with van der Waals surface area (Å²) in [6.45, 7) is 1.70. The molecule has 0 radical (unpaired) electrons. The number of hydrogen-bond acceptors (Lipinski definition) is 3. The van der Waals surface area contributed by atoms with Crippen molar-refractivity contribution in [3.63, 3.8) is 0 Å². The van der Waals surface area contributed by atoms with Crippen LogP contribution in [0.3, 0.4) is 0 Å². The van der Waals surface area contributed by atoms with Gasteiger partial charge in [0.2, 0.25) is 0 Å². The van der Waals surface area contributed by atoms with Crippen LogP contribution in [0.2, 0.25) is 0 Å². The van der Waals surface area contributed by atoms with Gasteiger partial charge in [-0.1, -0.05) is 6.07 Å². The number of ketones is 1. The minimum absolute atomic E-state index is 0.150. The number of allylic oxidation sites excluding steroid dienone is 1. The van der Waals surface area contributed by atoms with Gasteiger partial charge in [0.1, 0.15) is 11.6 Å². The van der Waals surface area contributed by atoms with E-state index in [1.165, 1.54) is 24.3 Å². The lowest BCUT2D eigenvalue weighted by molar-refractivity contribution is 0.103. The van der Waals surface area contributed by atoms with Gasteiger partial charge in [-0.15, -0.1) is 0 Å². The molecule has 0 fully saturated rings. The molecule has 3 nitrogen and oxygen atoms in total. The van der Waals surface area contributed by atoms with Gasteiger partial charge in [-0.3, -0.25) is 4.79 Å². The molecule has 0 saturated heterocycles. The third kappa shape index (κ3) is 3.48. The van der Waals surface area contributed by atoms with Gasteiger partial charge in [-0.05, 0) is 43.3 Å². The van der Waals surface area contributed by atoms with Crippen LogP contribution < -0.4 is 5.32 Å². The monoisotopic (exact) mass is 256 g/mol. The highest BCUT2D eigenvalue weighted by molar-refractivity contribution is 6.08. The van der Waals surface area contributed by atoms with E-state index in [0.29, 0.717) is 17.0 Å². The largest absolute Gasteiger partial charge is 0.346 e. The lowest BCUT2D eigenvalue weighted by atomic mass is 10.1. The lowest BCUT2D eigenvalue weighted by Crippen LogP contribution is -2.03. The van der Waals surface area contributed by atoms with Gasteiger partial charge < -0.3 is 5.32 Å². The first-order valence-corrected chi connectivity index (χ1v) is 5.81. The van der Waals surface area contributed by atoms with Crippen molar-refractivity contribution in [3.8, 4) is 0 Å². The summed E-state index contributed by atoms with van der Waals surface area (Å²) < 4.78 is 12.8. The quantitative estimate of drug-likeness (QED) is 0.673. The first-order chi connectivity index (χ1) is 9.16. The third-order valence-corrected chi connectivity index (χ3v) is 2.57. The van der Waals surface area contributed by atoms with Gasteiger partial charge in [-0.25, -0.2) is 9.37 Å². The van der Waals surface area contributed by atoms with Crippen molar-refractivity contribution in [1.82, 2.24) is 4.98 Å². The zero-order valence-electron chi connectivity index (χ0n) is 10.4. The Morgan fingerprint density at radius 1 is 1.21 bits per heavy atom. The van der Waals surface area contributed by atoms with Crippen molar-refractivity contribution in [3.05, 3.63) is 71.8 Å². The molecule has 1 N–H and O–H groups in total. The summed E-state index contributed by atoms with van der Waals surface area (Å²) in [6.07, 6.45) is 3.25. The van der Waals surface area contributed by atoms with Crippen molar-refractivity contribution in [2.24, 2.45) is 0 Å². The van der Waals surface area contributed by atoms with Crippen molar-refractivity contribution in [1.29, 1.82) is 0 Å². The van der Waals surface area contributed by atoms with Gasteiger partial charge >= 0.3 is 0 Å². The lowest BCUT2D eigenvalue weighted by Gasteiger charge is -2.03. The number of nitrogens with one attached hydrogen (secondary N) is 1. The van der Waals surface area contributed by atoms with E-state index < -0.39 is 0 Å². The van der Waals surface area contributed by atoms with Crippen LogP contribution in [0.1, 0.15) is 17.3 Å². The van der Waals surface area contributed by atoms with Crippen LogP contribution >= 0.6 is 0 Å². The summed E-state index contributed by atoms with van der Waals surface area (Å²) >= 11 is 0. The molecule has 0 saturated carbocycles. The molecular weight excluding hydrogens is 243 g/mol. The first kappa shape index (κ1) is 13.0. The van der Waals surface area contributed by atoms with E-state index in [4.69, 9.17) is 0 Å². The zero-order valence-corrected chi connectivity index (χ0v) is 10.4. The summed E-state index contributed by atoms with van der Waals surface area (Å²) in [5.74, 6) is 0.155. The topological polar surface area (TPSA) is 42.0 Å². The molecule has 96 valence electrons. The molecule has 0 aliphatic heterocycles. The van der Waals surface area contributed by atoms with Gasteiger partial charge in [0.15, 0.2) is 5.78 Å². The fourth-order valence-corrected chi connectivity index (χ4v) is 1.52. The summed E-state index contributed by atoms with van der Waals surface area (Å²) in [5, 5.41) is 2.94. The molecule has 19 heavy (non-hydrogen) atoms. The summed E-state index contributed by atoms with van der Waals surface area (Å²) in [6, 6.07) is 10.9. The highest BCUT2D eigenvalue weighted by Crippen LogP contribution is 2.10. The van der Waals surface area contributed by atoms with Gasteiger partial charge in [0.25, 0.3) is 0 Å². The Morgan fingerprint density at radius 2 is 1.95 bits per heavy atom. The molecule has 1 aromatic heterocycles.